The maximum absolute atomic E-state index is 12.6. The third-order valence-electron chi connectivity index (χ3n) is 3.90. The number of hydrogen-bond donors (Lipinski definition) is 1. The number of rotatable bonds is 4. The fraction of sp³-hybridized carbons (Fsp3) is 0.263. The SMILES string of the molecule is COc1cccc(NC(=O)CN2C(=O)C[C@@H](C)Sc3ccccc32)c1. The van der Waals surface area contributed by atoms with Gasteiger partial charge in [0.25, 0.3) is 0 Å². The van der Waals surface area contributed by atoms with E-state index in [1.165, 1.54) is 0 Å². The molecule has 1 atom stereocenters. The normalized spacial score (nSPS) is 16.8. The van der Waals surface area contributed by atoms with Crippen LogP contribution in [-0.2, 0) is 9.59 Å². The molecule has 0 aromatic heterocycles. The van der Waals surface area contributed by atoms with E-state index in [1.54, 1.807) is 42.0 Å². The van der Waals surface area contributed by atoms with Crippen molar-refractivity contribution in [1.29, 1.82) is 0 Å². The maximum atomic E-state index is 12.6. The highest BCUT2D eigenvalue weighted by molar-refractivity contribution is 8.00. The number of nitrogens with one attached hydrogen (secondary N) is 1. The third kappa shape index (κ3) is 4.14. The molecule has 5 nitrogen and oxygen atoms in total. The number of methoxy groups -OCH3 is 1. The molecule has 2 amide bonds. The molecule has 0 fully saturated rings. The molecule has 0 saturated heterocycles. The fourth-order valence-electron chi connectivity index (χ4n) is 2.75. The van der Waals surface area contributed by atoms with Crippen LogP contribution in [0.1, 0.15) is 13.3 Å². The first-order chi connectivity index (χ1) is 12.1. The summed E-state index contributed by atoms with van der Waals surface area (Å²) in [4.78, 5) is 27.7. The molecule has 1 heterocycles. The third-order valence-corrected chi connectivity index (χ3v) is 5.07. The van der Waals surface area contributed by atoms with E-state index in [2.05, 4.69) is 5.32 Å². The summed E-state index contributed by atoms with van der Waals surface area (Å²) in [6.07, 6.45) is 0.409. The number of hydrogen-bond acceptors (Lipinski definition) is 4. The lowest BCUT2D eigenvalue weighted by Crippen LogP contribution is -2.38. The van der Waals surface area contributed by atoms with Crippen LogP contribution in [0.15, 0.2) is 53.4 Å². The number of nitrogens with zero attached hydrogens (tertiary/aromatic N) is 1. The molecule has 25 heavy (non-hydrogen) atoms. The van der Waals surface area contributed by atoms with E-state index in [1.807, 2.05) is 37.3 Å². The van der Waals surface area contributed by atoms with Crippen molar-refractivity contribution in [2.24, 2.45) is 0 Å². The van der Waals surface area contributed by atoms with E-state index < -0.39 is 0 Å². The van der Waals surface area contributed by atoms with Gasteiger partial charge in [0, 0.05) is 28.3 Å². The van der Waals surface area contributed by atoms with Crippen molar-refractivity contribution in [2.45, 2.75) is 23.5 Å². The number of fused-ring (bicyclic) bond motifs is 1. The van der Waals surface area contributed by atoms with Gasteiger partial charge in [-0.25, -0.2) is 0 Å². The van der Waals surface area contributed by atoms with Crippen LogP contribution in [0.3, 0.4) is 0 Å². The summed E-state index contributed by atoms with van der Waals surface area (Å²) in [6, 6.07) is 14.9. The lowest BCUT2D eigenvalue weighted by molar-refractivity contribution is -0.121. The second-order valence-corrected chi connectivity index (χ2v) is 7.34. The topological polar surface area (TPSA) is 58.6 Å². The van der Waals surface area contributed by atoms with Gasteiger partial charge in [0.05, 0.1) is 12.8 Å². The maximum Gasteiger partial charge on any atom is 0.244 e. The van der Waals surface area contributed by atoms with Crippen LogP contribution >= 0.6 is 11.8 Å². The van der Waals surface area contributed by atoms with Gasteiger partial charge in [-0.3, -0.25) is 9.59 Å². The molecular weight excluding hydrogens is 336 g/mol. The van der Waals surface area contributed by atoms with Crippen molar-refractivity contribution >= 4 is 35.0 Å². The number of anilines is 2. The smallest absolute Gasteiger partial charge is 0.244 e. The first-order valence-electron chi connectivity index (χ1n) is 8.07. The molecule has 0 spiro atoms. The van der Waals surface area contributed by atoms with Gasteiger partial charge in [-0.1, -0.05) is 25.1 Å². The molecule has 1 N–H and O–H groups in total. The zero-order chi connectivity index (χ0) is 17.8. The van der Waals surface area contributed by atoms with E-state index in [-0.39, 0.29) is 23.6 Å². The highest BCUT2D eigenvalue weighted by atomic mass is 32.2. The molecule has 2 aromatic rings. The lowest BCUT2D eigenvalue weighted by atomic mass is 10.2. The molecule has 0 bridgehead atoms. The largest absolute Gasteiger partial charge is 0.497 e. The van der Waals surface area contributed by atoms with Crippen LogP contribution in [0.4, 0.5) is 11.4 Å². The van der Waals surface area contributed by atoms with Crippen molar-refractivity contribution in [3.63, 3.8) is 0 Å². The summed E-state index contributed by atoms with van der Waals surface area (Å²) < 4.78 is 5.16. The Labute approximate surface area is 151 Å². The molecule has 0 saturated carbocycles. The van der Waals surface area contributed by atoms with Gasteiger partial charge in [0.15, 0.2) is 0 Å². The zero-order valence-electron chi connectivity index (χ0n) is 14.2. The number of para-hydroxylation sites is 1. The van der Waals surface area contributed by atoms with Gasteiger partial charge in [-0.15, -0.1) is 11.8 Å². The quantitative estimate of drug-likeness (QED) is 0.910. The molecule has 1 aliphatic rings. The fourth-order valence-corrected chi connectivity index (χ4v) is 3.86. The Hall–Kier alpha value is -2.47. The van der Waals surface area contributed by atoms with Crippen molar-refractivity contribution in [2.75, 3.05) is 23.9 Å². The number of thioether (sulfide) groups is 1. The van der Waals surface area contributed by atoms with Gasteiger partial charge in [-0.05, 0) is 24.3 Å². The molecule has 3 rings (SSSR count). The average Bonchev–Trinajstić information content (AvgIpc) is 2.71. The van der Waals surface area contributed by atoms with E-state index in [0.717, 1.165) is 10.6 Å². The van der Waals surface area contributed by atoms with E-state index >= 15 is 0 Å². The van der Waals surface area contributed by atoms with E-state index in [9.17, 15) is 9.59 Å². The minimum Gasteiger partial charge on any atom is -0.497 e. The van der Waals surface area contributed by atoms with E-state index in [4.69, 9.17) is 4.74 Å². The average molecular weight is 356 g/mol. The minimum absolute atomic E-state index is 0.0136. The Bertz CT molecular complexity index is 794. The lowest BCUT2D eigenvalue weighted by Gasteiger charge is -2.22. The monoisotopic (exact) mass is 356 g/mol. The van der Waals surface area contributed by atoms with Gasteiger partial charge < -0.3 is 15.0 Å². The zero-order valence-corrected chi connectivity index (χ0v) is 15.0. The highest BCUT2D eigenvalue weighted by Crippen LogP contribution is 2.37. The molecule has 0 aliphatic carbocycles. The number of benzene rings is 2. The highest BCUT2D eigenvalue weighted by Gasteiger charge is 2.27. The summed E-state index contributed by atoms with van der Waals surface area (Å²) in [7, 11) is 1.58. The van der Waals surface area contributed by atoms with Crippen LogP contribution in [0, 0.1) is 0 Å². The van der Waals surface area contributed by atoms with Gasteiger partial charge >= 0.3 is 0 Å². The second-order valence-electron chi connectivity index (χ2n) is 5.86. The van der Waals surface area contributed by atoms with Crippen molar-refractivity contribution in [3.8, 4) is 5.75 Å². The van der Waals surface area contributed by atoms with Crippen molar-refractivity contribution in [3.05, 3.63) is 48.5 Å². The van der Waals surface area contributed by atoms with Crippen molar-refractivity contribution < 1.29 is 14.3 Å². The summed E-state index contributed by atoms with van der Waals surface area (Å²) in [6.45, 7) is 2.01. The molecule has 6 heteroatoms. The number of carbonyl (C=O) groups is 2. The Morgan fingerprint density at radius 2 is 2.08 bits per heavy atom. The number of ether oxygens (including phenoxy) is 1. The van der Waals surface area contributed by atoms with Gasteiger partial charge in [0.2, 0.25) is 11.8 Å². The summed E-state index contributed by atoms with van der Waals surface area (Å²) in [5.41, 5.74) is 1.44. The second kappa shape index (κ2) is 7.61. The number of amides is 2. The van der Waals surface area contributed by atoms with Crippen LogP contribution in [0.2, 0.25) is 0 Å². The van der Waals surface area contributed by atoms with Crippen LogP contribution in [0.5, 0.6) is 5.75 Å². The first-order valence-corrected chi connectivity index (χ1v) is 8.94. The molecule has 0 radical (unpaired) electrons. The predicted molar refractivity (Wildman–Crippen MR) is 100 cm³/mol. The first kappa shape index (κ1) is 17.4. The van der Waals surface area contributed by atoms with Crippen LogP contribution in [0.25, 0.3) is 0 Å². The van der Waals surface area contributed by atoms with Gasteiger partial charge in [0.1, 0.15) is 12.3 Å². The Balaban J connectivity index is 1.78. The van der Waals surface area contributed by atoms with Crippen LogP contribution in [-0.4, -0.2) is 30.7 Å². The Morgan fingerprint density at radius 3 is 2.88 bits per heavy atom. The van der Waals surface area contributed by atoms with Gasteiger partial charge in [-0.2, -0.15) is 0 Å². The molecule has 2 aromatic carbocycles. The minimum atomic E-state index is -0.240. The summed E-state index contributed by atoms with van der Waals surface area (Å²) >= 11 is 1.67. The Morgan fingerprint density at radius 1 is 1.28 bits per heavy atom. The number of carbonyl (C=O) groups excluding carboxylic acids is 2. The summed E-state index contributed by atoms with van der Waals surface area (Å²) in [5, 5.41) is 3.01. The summed E-state index contributed by atoms with van der Waals surface area (Å²) in [5.74, 6) is 0.390. The Kier molecular flexibility index (Phi) is 5.28. The molecule has 130 valence electrons. The molecular formula is C19H20N2O3S. The van der Waals surface area contributed by atoms with Crippen molar-refractivity contribution in [1.82, 2.24) is 0 Å². The predicted octanol–water partition coefficient (Wildman–Crippen LogP) is 3.55. The molecule has 0 unspecified atom stereocenters. The standard InChI is InChI=1S/C19H20N2O3S/c1-13-10-19(23)21(16-8-3-4-9-17(16)25-13)12-18(22)20-14-6-5-7-15(11-14)24-2/h3-9,11,13H,10,12H2,1-2H3,(H,20,22)/t13-/m1/s1. The van der Waals surface area contributed by atoms with Crippen LogP contribution < -0.4 is 15.0 Å². The van der Waals surface area contributed by atoms with E-state index in [0.29, 0.717) is 17.9 Å². The molecule has 1 aliphatic heterocycles.